The number of rotatable bonds is 1. The van der Waals surface area contributed by atoms with Crippen LogP contribution < -0.4 is 0 Å². The van der Waals surface area contributed by atoms with E-state index in [0.717, 1.165) is 5.56 Å². The minimum Gasteiger partial charge on any atom is -0.467 e. The Labute approximate surface area is 136 Å². The number of benzene rings is 1. The predicted octanol–water partition coefficient (Wildman–Crippen LogP) is 3.41. The molecular weight excluding hydrogens is 290 g/mol. The average molecular weight is 311 g/mol. The largest absolute Gasteiger partial charge is 0.467 e. The summed E-state index contributed by atoms with van der Waals surface area (Å²) in [5.41, 5.74) is 2.06. The van der Waals surface area contributed by atoms with Crippen LogP contribution in [-0.4, -0.2) is 16.7 Å². The van der Waals surface area contributed by atoms with Crippen molar-refractivity contribution < 1.29 is 14.6 Å². The molecule has 2 atom stereocenters. The van der Waals surface area contributed by atoms with Gasteiger partial charge in [-0.05, 0) is 23.1 Å². The smallest absolute Gasteiger partial charge is 0.205 e. The molecule has 23 heavy (non-hydrogen) atoms. The quantitative estimate of drug-likeness (QED) is 0.862. The molecule has 2 aliphatic rings. The van der Waals surface area contributed by atoms with Crippen molar-refractivity contribution in [2.45, 2.75) is 51.7 Å². The Kier molecular flexibility index (Phi) is 3.57. The zero-order chi connectivity index (χ0) is 16.8. The Morgan fingerprint density at radius 3 is 2.48 bits per heavy atom. The lowest BCUT2D eigenvalue weighted by atomic mass is 9.70. The van der Waals surface area contributed by atoms with E-state index in [-0.39, 0.29) is 17.1 Å². The third-order valence-corrected chi connectivity index (χ3v) is 4.60. The van der Waals surface area contributed by atoms with Crippen molar-refractivity contribution in [3.63, 3.8) is 0 Å². The number of nitrogens with zero attached hydrogens (tertiary/aromatic N) is 1. The van der Waals surface area contributed by atoms with E-state index in [1.165, 1.54) is 0 Å². The summed E-state index contributed by atoms with van der Waals surface area (Å²) in [6, 6.07) is 9.32. The van der Waals surface area contributed by atoms with Crippen molar-refractivity contribution >= 4 is 5.78 Å². The number of allylic oxidation sites excluding steroid dienone is 2. The van der Waals surface area contributed by atoms with Gasteiger partial charge in [-0.25, -0.2) is 0 Å². The summed E-state index contributed by atoms with van der Waals surface area (Å²) >= 11 is 0. The number of hydrogen-bond acceptors (Lipinski definition) is 4. The normalized spacial score (nSPS) is 29.5. The minimum atomic E-state index is -1.29. The highest BCUT2D eigenvalue weighted by molar-refractivity contribution is 5.98. The van der Waals surface area contributed by atoms with E-state index >= 15 is 0 Å². The first-order valence-electron chi connectivity index (χ1n) is 7.88. The summed E-state index contributed by atoms with van der Waals surface area (Å²) in [5.74, 6) is -0.756. The molecule has 0 bridgehead atoms. The highest BCUT2D eigenvalue weighted by Gasteiger charge is 2.45. The molecule has 4 nitrogen and oxygen atoms in total. The number of nitriles is 1. The number of carbonyl (C=O) groups is 1. The highest BCUT2D eigenvalue weighted by atomic mass is 16.6. The first-order valence-corrected chi connectivity index (χ1v) is 7.88. The zero-order valence-electron chi connectivity index (χ0n) is 13.7. The first kappa shape index (κ1) is 15.8. The van der Waals surface area contributed by atoms with E-state index in [4.69, 9.17) is 10.00 Å². The van der Waals surface area contributed by atoms with Gasteiger partial charge in [0.1, 0.15) is 5.76 Å². The molecule has 120 valence electrons. The van der Waals surface area contributed by atoms with Crippen LogP contribution in [0.5, 0.6) is 0 Å². The van der Waals surface area contributed by atoms with Crippen LogP contribution in [0, 0.1) is 16.7 Å². The third kappa shape index (κ3) is 3.02. The monoisotopic (exact) mass is 311 g/mol. The molecule has 1 heterocycles. The molecule has 0 spiro atoms. The number of ether oxygens (including phenoxy) is 1. The molecule has 0 fully saturated rings. The Bertz CT molecular complexity index is 716. The molecule has 1 aromatic rings. The van der Waals surface area contributed by atoms with Gasteiger partial charge in [0.25, 0.3) is 0 Å². The molecule has 3 rings (SSSR count). The van der Waals surface area contributed by atoms with Crippen molar-refractivity contribution in [1.29, 1.82) is 5.26 Å². The Morgan fingerprint density at radius 1 is 1.22 bits per heavy atom. The van der Waals surface area contributed by atoms with E-state index in [2.05, 4.69) is 6.07 Å². The maximum Gasteiger partial charge on any atom is 0.205 e. The van der Waals surface area contributed by atoms with Gasteiger partial charge in [0, 0.05) is 37.7 Å². The van der Waals surface area contributed by atoms with Crippen LogP contribution in [0.4, 0.5) is 0 Å². The number of Topliss-reactive ketones (excluding diaryl/α,β-unsaturated/α-hetero) is 1. The first-order chi connectivity index (χ1) is 10.7. The zero-order valence-corrected chi connectivity index (χ0v) is 13.7. The fraction of sp³-hybridized carbons (Fsp3) is 0.474. The lowest BCUT2D eigenvalue weighted by Gasteiger charge is -2.43. The Morgan fingerprint density at radius 2 is 1.87 bits per heavy atom. The number of ketones is 1. The van der Waals surface area contributed by atoms with Gasteiger partial charge in [0.15, 0.2) is 5.78 Å². The molecule has 1 aliphatic carbocycles. The van der Waals surface area contributed by atoms with Crippen LogP contribution in [0.15, 0.2) is 35.6 Å². The molecule has 0 saturated heterocycles. The van der Waals surface area contributed by atoms with Crippen LogP contribution >= 0.6 is 0 Å². The van der Waals surface area contributed by atoms with E-state index in [1.807, 2.05) is 26.0 Å². The highest BCUT2D eigenvalue weighted by Crippen LogP contribution is 2.49. The van der Waals surface area contributed by atoms with Gasteiger partial charge in [-0.2, -0.15) is 5.26 Å². The van der Waals surface area contributed by atoms with Crippen LogP contribution in [0.2, 0.25) is 0 Å². The van der Waals surface area contributed by atoms with Crippen LogP contribution in [0.1, 0.15) is 57.1 Å². The summed E-state index contributed by atoms with van der Waals surface area (Å²) in [7, 11) is 0. The predicted molar refractivity (Wildman–Crippen MR) is 85.3 cm³/mol. The van der Waals surface area contributed by atoms with Crippen molar-refractivity contribution in [3.05, 3.63) is 46.7 Å². The fourth-order valence-corrected chi connectivity index (χ4v) is 3.62. The molecule has 0 aromatic heterocycles. The summed E-state index contributed by atoms with van der Waals surface area (Å²) in [4.78, 5) is 12.7. The van der Waals surface area contributed by atoms with Crippen LogP contribution in [0.3, 0.4) is 0 Å². The third-order valence-electron chi connectivity index (χ3n) is 4.60. The van der Waals surface area contributed by atoms with Crippen molar-refractivity contribution in [1.82, 2.24) is 0 Å². The maximum absolute atomic E-state index is 12.7. The number of carbonyl (C=O) groups excluding carboxylic acids is 1. The van der Waals surface area contributed by atoms with Gasteiger partial charge in [0.05, 0.1) is 11.6 Å². The van der Waals surface area contributed by atoms with Gasteiger partial charge < -0.3 is 9.84 Å². The van der Waals surface area contributed by atoms with Gasteiger partial charge in [-0.15, -0.1) is 0 Å². The molecule has 0 amide bonds. The van der Waals surface area contributed by atoms with Gasteiger partial charge in [-0.3, -0.25) is 4.79 Å². The SMILES string of the molecule is CC1(C)CC(=O)C2=C(C1)OC(C)(O)C[C@@H]2c1ccc(C#N)cc1. The summed E-state index contributed by atoms with van der Waals surface area (Å²) in [6.07, 6.45) is 1.48. The molecule has 0 saturated carbocycles. The van der Waals surface area contributed by atoms with Crippen molar-refractivity contribution in [2.75, 3.05) is 0 Å². The van der Waals surface area contributed by atoms with Crippen molar-refractivity contribution in [2.24, 2.45) is 5.41 Å². The molecule has 1 aliphatic heterocycles. The molecule has 1 unspecified atom stereocenters. The summed E-state index contributed by atoms with van der Waals surface area (Å²) in [6.45, 7) is 5.72. The van der Waals surface area contributed by atoms with Gasteiger partial charge >= 0.3 is 0 Å². The van der Waals surface area contributed by atoms with E-state index in [0.29, 0.717) is 36.2 Å². The van der Waals surface area contributed by atoms with E-state index in [9.17, 15) is 9.90 Å². The second-order valence-electron chi connectivity index (χ2n) is 7.55. The molecule has 1 N–H and O–H groups in total. The molecule has 1 aromatic carbocycles. The Balaban J connectivity index is 2.07. The van der Waals surface area contributed by atoms with Crippen LogP contribution in [0.25, 0.3) is 0 Å². The maximum atomic E-state index is 12.7. The lowest BCUT2D eigenvalue weighted by Crippen LogP contribution is -2.41. The molecule has 4 heteroatoms. The standard InChI is InChI=1S/C19H21NO3/c1-18(2)9-15(21)17-14(8-19(3,22)23-16(17)10-18)13-6-4-12(11-20)5-7-13/h4-7,14,22H,8-10H2,1-3H3/t14-,19?/m1/s1. The van der Waals surface area contributed by atoms with Crippen molar-refractivity contribution in [3.8, 4) is 6.07 Å². The van der Waals surface area contributed by atoms with Crippen LogP contribution in [-0.2, 0) is 9.53 Å². The van der Waals surface area contributed by atoms with Gasteiger partial charge in [-0.1, -0.05) is 26.0 Å². The van der Waals surface area contributed by atoms with Gasteiger partial charge in [0.2, 0.25) is 5.79 Å². The van der Waals surface area contributed by atoms with E-state index in [1.54, 1.807) is 19.1 Å². The Hall–Kier alpha value is -2.12. The lowest BCUT2D eigenvalue weighted by molar-refractivity contribution is -0.184. The second kappa shape index (κ2) is 5.21. The number of aliphatic hydroxyl groups is 1. The topological polar surface area (TPSA) is 70.3 Å². The van der Waals surface area contributed by atoms with E-state index < -0.39 is 5.79 Å². The fourth-order valence-electron chi connectivity index (χ4n) is 3.62. The molecule has 0 radical (unpaired) electrons. The minimum absolute atomic E-state index is 0.0982. The average Bonchev–Trinajstić information content (AvgIpc) is 2.43. The summed E-state index contributed by atoms with van der Waals surface area (Å²) < 4.78 is 5.74. The summed E-state index contributed by atoms with van der Waals surface area (Å²) in [5, 5.41) is 19.4. The second-order valence-corrected chi connectivity index (χ2v) is 7.55. The molecular formula is C19H21NO3. The number of hydrogen-bond donors (Lipinski definition) is 1.